The summed E-state index contributed by atoms with van der Waals surface area (Å²) >= 11 is 0. The number of carboxylic acid groups (broad SMARTS) is 2. The monoisotopic (exact) mass is 416 g/mol. The average molecular weight is 416 g/mol. The molecule has 30 heavy (non-hydrogen) atoms. The highest BCUT2D eigenvalue weighted by molar-refractivity contribution is 5.98. The zero-order valence-electron chi connectivity index (χ0n) is 16.7. The number of carboxylic acids is 2. The molecule has 3 aromatic rings. The van der Waals surface area contributed by atoms with Crippen LogP contribution in [0.15, 0.2) is 31.3 Å². The van der Waals surface area contributed by atoms with Crippen LogP contribution in [0.3, 0.4) is 0 Å². The van der Waals surface area contributed by atoms with Gasteiger partial charge in [0.2, 0.25) is 0 Å². The largest absolute Gasteiger partial charge is 0.480 e. The number of carbonyl (C=O) groups is 2. The van der Waals surface area contributed by atoms with Crippen LogP contribution in [0.2, 0.25) is 0 Å². The first-order chi connectivity index (χ1) is 13.9. The van der Waals surface area contributed by atoms with Gasteiger partial charge in [-0.05, 0) is 24.0 Å². The molecule has 0 amide bonds. The molecule has 0 saturated carbocycles. The van der Waals surface area contributed by atoms with Crippen molar-refractivity contribution in [3.8, 4) is 0 Å². The van der Waals surface area contributed by atoms with Crippen molar-refractivity contribution in [3.05, 3.63) is 53.5 Å². The Kier molecular flexibility index (Phi) is 4.97. The quantitative estimate of drug-likeness (QED) is 0.588. The minimum atomic E-state index is -1.41. The van der Waals surface area contributed by atoms with Gasteiger partial charge in [0.05, 0.1) is 21.5 Å². The molecule has 0 spiro atoms. The topological polar surface area (TPSA) is 153 Å². The highest BCUT2D eigenvalue weighted by Crippen LogP contribution is 2.21. The number of nitrogens with zero attached hydrogens (tertiary/aromatic N) is 2. The molecule has 0 aliphatic carbocycles. The standard InChI is InChI=1S/C20H20N2O8/c1-7(2)13(19(27)28)21-15(23)9-5-11-12(6-10(9)16(21)24)18(26)22(17(11)25)14(8(3)4)20(29)30/h5-8,13-14H,1-4H3,(H,27,28)(H,29,30)/t13-,14-/m1/s1. The molecule has 2 atom stereocenters. The molecule has 2 heterocycles. The normalized spacial score (nSPS) is 14.1. The minimum absolute atomic E-state index is 0.190. The number of hydrogen-bond donors (Lipinski definition) is 2. The average Bonchev–Trinajstić information content (AvgIpc) is 3.00. The van der Waals surface area contributed by atoms with Crippen LogP contribution >= 0.6 is 0 Å². The lowest BCUT2D eigenvalue weighted by Crippen LogP contribution is -2.37. The second-order valence-corrected chi connectivity index (χ2v) is 7.96. The summed E-state index contributed by atoms with van der Waals surface area (Å²) in [6.45, 7) is 6.19. The predicted octanol–water partition coefficient (Wildman–Crippen LogP) is 0.476. The summed E-state index contributed by atoms with van der Waals surface area (Å²) in [5.74, 6) is -3.85. The van der Waals surface area contributed by atoms with Gasteiger partial charge in [-0.3, -0.25) is 28.3 Å². The predicted molar refractivity (Wildman–Crippen MR) is 108 cm³/mol. The van der Waals surface area contributed by atoms with Gasteiger partial charge in [-0.15, -0.1) is 0 Å². The molecular formula is C20H20N2O8. The van der Waals surface area contributed by atoms with Crippen LogP contribution in [0, 0.1) is 11.8 Å². The van der Waals surface area contributed by atoms with E-state index in [2.05, 4.69) is 0 Å². The molecule has 0 radical (unpaired) electrons. The van der Waals surface area contributed by atoms with E-state index < -0.39 is 58.1 Å². The Labute approximate surface area is 168 Å². The highest BCUT2D eigenvalue weighted by atomic mass is 16.4. The van der Waals surface area contributed by atoms with Crippen molar-refractivity contribution >= 4 is 33.5 Å². The molecular weight excluding hydrogens is 396 g/mol. The van der Waals surface area contributed by atoms with Gasteiger partial charge < -0.3 is 10.2 Å². The number of hydrogen-bond acceptors (Lipinski definition) is 6. The molecule has 0 bridgehead atoms. The molecule has 1 aromatic carbocycles. The Bertz CT molecular complexity index is 1220. The smallest absolute Gasteiger partial charge is 0.327 e. The first-order valence-corrected chi connectivity index (χ1v) is 9.29. The van der Waals surface area contributed by atoms with Crippen LogP contribution in [0.25, 0.3) is 21.5 Å². The Balaban J connectivity index is 2.44. The van der Waals surface area contributed by atoms with Crippen LogP contribution in [0.4, 0.5) is 0 Å². The zero-order valence-corrected chi connectivity index (χ0v) is 16.7. The fourth-order valence-electron chi connectivity index (χ4n) is 3.90. The Morgan fingerprint density at radius 3 is 1.03 bits per heavy atom. The minimum Gasteiger partial charge on any atom is -0.480 e. The SMILES string of the molecule is CC(C)[C@H](C(=O)O)n1c(=O)c2cc3c(=O)n([C@@H](C(=O)O)C(C)C)c(=O)c3cc2c1=O. The fourth-order valence-corrected chi connectivity index (χ4v) is 3.90. The third-order valence-corrected chi connectivity index (χ3v) is 5.28. The molecule has 3 rings (SSSR count). The summed E-state index contributed by atoms with van der Waals surface area (Å²) in [6, 6.07) is -0.673. The third-order valence-electron chi connectivity index (χ3n) is 5.28. The van der Waals surface area contributed by atoms with Crippen molar-refractivity contribution in [3.63, 3.8) is 0 Å². The molecule has 0 fully saturated rings. The highest BCUT2D eigenvalue weighted by Gasteiger charge is 2.32. The van der Waals surface area contributed by atoms with E-state index in [1.807, 2.05) is 0 Å². The summed E-state index contributed by atoms with van der Waals surface area (Å²) in [5, 5.41) is 18.1. The molecule has 0 saturated heterocycles. The van der Waals surface area contributed by atoms with Gasteiger partial charge in [-0.25, -0.2) is 9.59 Å². The van der Waals surface area contributed by atoms with Crippen LogP contribution in [-0.4, -0.2) is 31.3 Å². The van der Waals surface area contributed by atoms with Crippen molar-refractivity contribution < 1.29 is 19.8 Å². The number of fused-ring (bicyclic) bond motifs is 2. The van der Waals surface area contributed by atoms with Crippen molar-refractivity contribution in [2.45, 2.75) is 39.8 Å². The Hall–Kier alpha value is -3.56. The maximum atomic E-state index is 12.8. The lowest BCUT2D eigenvalue weighted by atomic mass is 10.0. The van der Waals surface area contributed by atoms with E-state index in [0.29, 0.717) is 9.13 Å². The van der Waals surface area contributed by atoms with E-state index in [0.717, 1.165) is 12.1 Å². The van der Waals surface area contributed by atoms with E-state index >= 15 is 0 Å². The van der Waals surface area contributed by atoms with E-state index in [-0.39, 0.29) is 21.5 Å². The van der Waals surface area contributed by atoms with Gasteiger partial charge in [0, 0.05) is 0 Å². The molecule has 2 aromatic heterocycles. The molecule has 0 unspecified atom stereocenters. The first kappa shape index (κ1) is 21.2. The molecule has 10 heteroatoms. The van der Waals surface area contributed by atoms with Gasteiger partial charge in [-0.1, -0.05) is 27.7 Å². The molecule has 2 N–H and O–H groups in total. The van der Waals surface area contributed by atoms with Crippen LogP contribution in [0.1, 0.15) is 39.8 Å². The summed E-state index contributed by atoms with van der Waals surface area (Å²) in [4.78, 5) is 74.5. The number of rotatable bonds is 6. The maximum Gasteiger partial charge on any atom is 0.327 e. The maximum absolute atomic E-state index is 12.8. The van der Waals surface area contributed by atoms with Crippen LogP contribution in [-0.2, 0) is 9.59 Å². The Morgan fingerprint density at radius 2 is 0.867 bits per heavy atom. The van der Waals surface area contributed by atoms with Crippen molar-refractivity contribution in [2.75, 3.05) is 0 Å². The molecule has 0 aliphatic rings. The second-order valence-electron chi connectivity index (χ2n) is 7.96. The number of aliphatic carboxylic acids is 2. The lowest BCUT2D eigenvalue weighted by molar-refractivity contribution is -0.143. The summed E-state index contributed by atoms with van der Waals surface area (Å²) in [5.41, 5.74) is -3.51. The molecule has 158 valence electrons. The van der Waals surface area contributed by atoms with Crippen molar-refractivity contribution in [1.82, 2.24) is 9.13 Å². The van der Waals surface area contributed by atoms with Crippen LogP contribution in [0.5, 0.6) is 0 Å². The third kappa shape index (κ3) is 2.87. The molecule has 10 nitrogen and oxygen atoms in total. The van der Waals surface area contributed by atoms with E-state index in [4.69, 9.17) is 0 Å². The van der Waals surface area contributed by atoms with Gasteiger partial charge in [0.1, 0.15) is 12.1 Å². The fraction of sp³-hybridized carbons (Fsp3) is 0.400. The van der Waals surface area contributed by atoms with Crippen LogP contribution < -0.4 is 22.2 Å². The van der Waals surface area contributed by atoms with E-state index in [1.165, 1.54) is 0 Å². The number of benzene rings is 1. The van der Waals surface area contributed by atoms with Gasteiger partial charge in [0.25, 0.3) is 22.2 Å². The van der Waals surface area contributed by atoms with E-state index in [9.17, 15) is 39.0 Å². The van der Waals surface area contributed by atoms with Crippen molar-refractivity contribution in [1.29, 1.82) is 0 Å². The lowest BCUT2D eigenvalue weighted by Gasteiger charge is -2.16. The summed E-state index contributed by atoms with van der Waals surface area (Å²) in [6.07, 6.45) is 0. The van der Waals surface area contributed by atoms with Crippen molar-refractivity contribution in [2.24, 2.45) is 11.8 Å². The number of aromatic nitrogens is 2. The van der Waals surface area contributed by atoms with E-state index in [1.54, 1.807) is 27.7 Å². The van der Waals surface area contributed by atoms with Gasteiger partial charge >= 0.3 is 11.9 Å². The Morgan fingerprint density at radius 1 is 0.633 bits per heavy atom. The second kappa shape index (κ2) is 7.05. The summed E-state index contributed by atoms with van der Waals surface area (Å²) in [7, 11) is 0. The van der Waals surface area contributed by atoms with Gasteiger partial charge in [0.15, 0.2) is 0 Å². The molecule has 0 aliphatic heterocycles. The summed E-state index contributed by atoms with van der Waals surface area (Å²) < 4.78 is 1.24. The first-order valence-electron chi connectivity index (χ1n) is 9.29. The van der Waals surface area contributed by atoms with Gasteiger partial charge in [-0.2, -0.15) is 0 Å². The zero-order chi connectivity index (χ0) is 22.7.